The van der Waals surface area contributed by atoms with Crippen LogP contribution in [0.1, 0.15) is 16.7 Å². The molecule has 0 spiro atoms. The minimum absolute atomic E-state index is 0.255. The molecule has 1 aliphatic heterocycles. The fraction of sp³-hybridized carbons (Fsp3) is 0. The largest absolute Gasteiger partial charge is 0.508 e. The molecule has 3 heteroatoms. The van der Waals surface area contributed by atoms with E-state index in [1.54, 1.807) is 12.1 Å². The number of phenols is 1. The molecule has 0 unspecified atom stereocenters. The molecule has 0 bridgehead atoms. The summed E-state index contributed by atoms with van der Waals surface area (Å²) in [6, 6.07) is 27.4. The van der Waals surface area contributed by atoms with E-state index in [0.29, 0.717) is 0 Å². The van der Waals surface area contributed by atoms with Crippen molar-refractivity contribution in [2.24, 2.45) is 5.10 Å². The van der Waals surface area contributed by atoms with Crippen LogP contribution in [0.15, 0.2) is 102 Å². The van der Waals surface area contributed by atoms with Crippen LogP contribution in [-0.4, -0.2) is 10.8 Å². The van der Waals surface area contributed by atoms with Crippen molar-refractivity contribution >= 4 is 17.0 Å². The Labute approximate surface area is 152 Å². The minimum atomic E-state index is 0.255. The van der Waals surface area contributed by atoms with Gasteiger partial charge in [-0.15, -0.1) is 0 Å². The number of hydrogen-bond acceptors (Lipinski definition) is 3. The van der Waals surface area contributed by atoms with Crippen molar-refractivity contribution in [2.45, 2.75) is 0 Å². The first-order valence-corrected chi connectivity index (χ1v) is 8.47. The van der Waals surface area contributed by atoms with Crippen molar-refractivity contribution in [2.75, 3.05) is 0 Å². The summed E-state index contributed by atoms with van der Waals surface area (Å²) in [6.45, 7) is 0. The molecule has 3 aromatic rings. The Kier molecular flexibility index (Phi) is 4.35. The Morgan fingerprint density at radius 3 is 1.88 bits per heavy atom. The van der Waals surface area contributed by atoms with Gasteiger partial charge in [-0.3, -0.25) is 5.43 Å². The molecule has 1 aliphatic rings. The van der Waals surface area contributed by atoms with E-state index in [0.717, 1.165) is 33.7 Å². The van der Waals surface area contributed by atoms with Crippen LogP contribution in [-0.2, 0) is 0 Å². The van der Waals surface area contributed by atoms with E-state index in [2.05, 4.69) is 34.8 Å². The number of rotatable bonds is 3. The summed E-state index contributed by atoms with van der Waals surface area (Å²) in [6.07, 6.45) is 4.14. The number of aromatic hydroxyl groups is 1. The monoisotopic (exact) mass is 338 g/mol. The third-order valence-electron chi connectivity index (χ3n) is 4.24. The molecule has 126 valence electrons. The quantitative estimate of drug-likeness (QED) is 0.719. The summed E-state index contributed by atoms with van der Waals surface area (Å²) in [7, 11) is 0. The van der Waals surface area contributed by atoms with Crippen LogP contribution in [0.4, 0.5) is 0 Å². The second kappa shape index (κ2) is 7.11. The highest BCUT2D eigenvalue weighted by molar-refractivity contribution is 6.14. The number of hydrogen-bond donors (Lipinski definition) is 2. The highest BCUT2D eigenvalue weighted by atomic mass is 16.3. The van der Waals surface area contributed by atoms with Gasteiger partial charge in [-0.2, -0.15) is 5.10 Å². The van der Waals surface area contributed by atoms with Crippen molar-refractivity contribution in [3.05, 3.63) is 114 Å². The molecule has 0 radical (unpaired) electrons. The lowest BCUT2D eigenvalue weighted by atomic mass is 9.99. The van der Waals surface area contributed by atoms with Crippen LogP contribution in [0, 0.1) is 0 Å². The van der Waals surface area contributed by atoms with E-state index in [1.165, 1.54) is 0 Å². The number of phenolic OH excluding ortho intramolecular Hbond substituents is 1. The average molecular weight is 338 g/mol. The summed E-state index contributed by atoms with van der Waals surface area (Å²) in [5, 5.41) is 14.2. The first-order chi connectivity index (χ1) is 12.8. The lowest BCUT2D eigenvalue weighted by molar-refractivity contribution is 0.475. The predicted octanol–water partition coefficient (Wildman–Crippen LogP) is 4.82. The highest BCUT2D eigenvalue weighted by Crippen LogP contribution is 2.25. The second-order valence-corrected chi connectivity index (χ2v) is 6.05. The van der Waals surface area contributed by atoms with Crippen LogP contribution in [0.25, 0.3) is 11.3 Å². The fourth-order valence-corrected chi connectivity index (χ4v) is 2.87. The van der Waals surface area contributed by atoms with Crippen LogP contribution < -0.4 is 5.43 Å². The first-order valence-electron chi connectivity index (χ1n) is 8.47. The SMILES string of the molecule is Oc1ccc(C2=CC(c3ccccc3)=NNC(c3ccccc3)=C2)cc1. The molecule has 0 saturated carbocycles. The molecular weight excluding hydrogens is 320 g/mol. The summed E-state index contributed by atoms with van der Waals surface area (Å²) >= 11 is 0. The summed E-state index contributed by atoms with van der Waals surface area (Å²) in [5.41, 5.74) is 9.14. The van der Waals surface area contributed by atoms with Crippen molar-refractivity contribution in [1.29, 1.82) is 0 Å². The molecule has 0 aliphatic carbocycles. The first kappa shape index (κ1) is 15.9. The Balaban J connectivity index is 1.82. The number of allylic oxidation sites excluding steroid dienone is 3. The molecule has 0 fully saturated rings. The van der Waals surface area contributed by atoms with Gasteiger partial charge >= 0.3 is 0 Å². The molecular formula is C23H18N2O. The average Bonchev–Trinajstić information content (AvgIpc) is 2.93. The highest BCUT2D eigenvalue weighted by Gasteiger charge is 2.11. The van der Waals surface area contributed by atoms with E-state index >= 15 is 0 Å². The van der Waals surface area contributed by atoms with Gasteiger partial charge in [0.05, 0.1) is 11.4 Å². The lowest BCUT2D eigenvalue weighted by Crippen LogP contribution is -2.07. The summed E-state index contributed by atoms with van der Waals surface area (Å²) < 4.78 is 0. The maximum atomic E-state index is 9.60. The van der Waals surface area contributed by atoms with E-state index in [4.69, 9.17) is 0 Å². The van der Waals surface area contributed by atoms with Gasteiger partial charge < -0.3 is 5.11 Å². The summed E-state index contributed by atoms with van der Waals surface area (Å²) in [5.74, 6) is 0.255. The molecule has 4 rings (SSSR count). The van der Waals surface area contributed by atoms with Crippen molar-refractivity contribution in [3.63, 3.8) is 0 Å². The molecule has 3 aromatic carbocycles. The number of benzene rings is 3. The zero-order chi connectivity index (χ0) is 17.8. The van der Waals surface area contributed by atoms with Crippen LogP contribution in [0.3, 0.4) is 0 Å². The Hall–Kier alpha value is -3.59. The van der Waals surface area contributed by atoms with Gasteiger partial charge in [-0.1, -0.05) is 72.8 Å². The van der Waals surface area contributed by atoms with Gasteiger partial charge in [0.1, 0.15) is 5.75 Å². The number of nitrogens with zero attached hydrogens (tertiary/aromatic N) is 1. The van der Waals surface area contributed by atoms with Gasteiger partial charge in [-0.05, 0) is 41.0 Å². The maximum absolute atomic E-state index is 9.60. The van der Waals surface area contributed by atoms with Crippen LogP contribution in [0.5, 0.6) is 5.75 Å². The minimum Gasteiger partial charge on any atom is -0.508 e. The normalized spacial score (nSPS) is 13.8. The zero-order valence-corrected chi connectivity index (χ0v) is 14.1. The van der Waals surface area contributed by atoms with Crippen LogP contribution >= 0.6 is 0 Å². The van der Waals surface area contributed by atoms with Crippen molar-refractivity contribution < 1.29 is 5.11 Å². The molecule has 2 N–H and O–H groups in total. The zero-order valence-electron chi connectivity index (χ0n) is 14.1. The van der Waals surface area contributed by atoms with E-state index in [-0.39, 0.29) is 5.75 Å². The third kappa shape index (κ3) is 3.42. The standard InChI is InChI=1S/C23H18N2O/c26-21-13-11-17(12-14-21)20-15-22(18-7-3-1-4-8-18)24-25-23(16-20)19-9-5-2-6-10-19/h1-16,24,26H. The fourth-order valence-electron chi connectivity index (χ4n) is 2.87. The van der Waals surface area contributed by atoms with Gasteiger partial charge in [0.2, 0.25) is 0 Å². The topological polar surface area (TPSA) is 44.6 Å². The predicted molar refractivity (Wildman–Crippen MR) is 107 cm³/mol. The third-order valence-corrected chi connectivity index (χ3v) is 4.24. The maximum Gasteiger partial charge on any atom is 0.115 e. The number of nitrogens with one attached hydrogen (secondary N) is 1. The molecule has 0 amide bonds. The second-order valence-electron chi connectivity index (χ2n) is 6.05. The smallest absolute Gasteiger partial charge is 0.115 e. The molecule has 0 aromatic heterocycles. The Bertz CT molecular complexity index is 985. The van der Waals surface area contributed by atoms with E-state index in [9.17, 15) is 5.11 Å². The van der Waals surface area contributed by atoms with Crippen molar-refractivity contribution in [3.8, 4) is 5.75 Å². The number of hydrazone groups is 1. The van der Waals surface area contributed by atoms with Gasteiger partial charge in [0, 0.05) is 5.56 Å². The van der Waals surface area contributed by atoms with Crippen LogP contribution in [0.2, 0.25) is 0 Å². The molecule has 26 heavy (non-hydrogen) atoms. The molecule has 3 nitrogen and oxygen atoms in total. The van der Waals surface area contributed by atoms with E-state index in [1.807, 2.05) is 60.7 Å². The van der Waals surface area contributed by atoms with E-state index < -0.39 is 0 Å². The lowest BCUT2D eigenvalue weighted by Gasteiger charge is -2.07. The van der Waals surface area contributed by atoms with Gasteiger partial charge in [0.15, 0.2) is 0 Å². The van der Waals surface area contributed by atoms with Gasteiger partial charge in [0.25, 0.3) is 0 Å². The molecule has 1 heterocycles. The summed E-state index contributed by atoms with van der Waals surface area (Å²) in [4.78, 5) is 0. The van der Waals surface area contributed by atoms with Crippen molar-refractivity contribution in [1.82, 2.24) is 5.43 Å². The van der Waals surface area contributed by atoms with Gasteiger partial charge in [-0.25, -0.2) is 0 Å². The molecule has 0 atom stereocenters. The Morgan fingerprint density at radius 2 is 1.23 bits per heavy atom. The molecule has 0 saturated heterocycles. The Morgan fingerprint density at radius 1 is 0.615 bits per heavy atom.